The predicted molar refractivity (Wildman–Crippen MR) is 148 cm³/mol. The van der Waals surface area contributed by atoms with Crippen LogP contribution in [0.3, 0.4) is 0 Å². The fourth-order valence-corrected chi connectivity index (χ4v) is 5.73. The van der Waals surface area contributed by atoms with Crippen molar-refractivity contribution in [1.82, 2.24) is 10.3 Å². The monoisotopic (exact) mass is 571 g/mol. The Morgan fingerprint density at radius 3 is 2.78 bits per heavy atom. The average Bonchev–Trinajstić information content (AvgIpc) is 2.84. The third-order valence-electron chi connectivity index (χ3n) is 6.91. The van der Waals surface area contributed by atoms with Crippen molar-refractivity contribution in [2.75, 3.05) is 24.5 Å². The number of amides is 1. The molecule has 36 heavy (non-hydrogen) atoms. The maximum Gasteiger partial charge on any atom is 0.303 e. The van der Waals surface area contributed by atoms with E-state index in [2.05, 4.69) is 33.1 Å². The van der Waals surface area contributed by atoms with Crippen LogP contribution in [0.25, 0.3) is 10.9 Å². The molecule has 0 unspecified atom stereocenters. The molecule has 1 aliphatic rings. The summed E-state index contributed by atoms with van der Waals surface area (Å²) in [6, 6.07) is 13.2. The number of anilines is 1. The molecule has 1 amide bonds. The Kier molecular flexibility index (Phi) is 8.52. The molecular formula is C28H31BrClN3O3. The quantitative estimate of drug-likeness (QED) is 0.319. The van der Waals surface area contributed by atoms with Crippen molar-refractivity contribution in [3.63, 3.8) is 0 Å². The summed E-state index contributed by atoms with van der Waals surface area (Å²) < 4.78 is 0.875. The van der Waals surface area contributed by atoms with Gasteiger partial charge in [-0.15, -0.1) is 0 Å². The Bertz CT molecular complexity index is 1280. The lowest BCUT2D eigenvalue weighted by molar-refractivity contribution is -0.137. The van der Waals surface area contributed by atoms with Crippen molar-refractivity contribution in [2.24, 2.45) is 5.92 Å². The fraction of sp³-hybridized carbons (Fsp3) is 0.393. The zero-order chi connectivity index (χ0) is 25.8. The van der Waals surface area contributed by atoms with E-state index in [-0.39, 0.29) is 24.8 Å². The number of nitrogens with one attached hydrogen (secondary N) is 1. The summed E-state index contributed by atoms with van der Waals surface area (Å²) in [6.07, 6.45) is 2.67. The topological polar surface area (TPSA) is 82.5 Å². The number of benzene rings is 2. The zero-order valence-electron chi connectivity index (χ0n) is 20.6. The Balaban J connectivity index is 1.68. The van der Waals surface area contributed by atoms with E-state index in [4.69, 9.17) is 16.6 Å². The molecule has 4 rings (SSSR count). The first-order valence-corrected chi connectivity index (χ1v) is 13.5. The standard InChI is InChI=1S/C28H31BrClN3O3/c1-17-6-5-13-33(16-17)27-18(2)26(22-14-20(29)10-11-24(22)32-27)28(36)31-15-19(9-12-25(34)35)21-7-3-4-8-23(21)30/h3-4,7-8,10-11,14,17,19H,5-6,9,12-13,15-16H2,1-2H3,(H,31,36)(H,34,35)/t17-,19+/m1/s1. The van der Waals surface area contributed by atoms with Crippen LogP contribution in [0.1, 0.15) is 60.0 Å². The van der Waals surface area contributed by atoms with Gasteiger partial charge in [0.05, 0.1) is 11.1 Å². The van der Waals surface area contributed by atoms with Gasteiger partial charge in [-0.25, -0.2) is 4.98 Å². The minimum Gasteiger partial charge on any atom is -0.481 e. The fourth-order valence-electron chi connectivity index (χ4n) is 5.08. The Labute approximate surface area is 225 Å². The summed E-state index contributed by atoms with van der Waals surface area (Å²) in [4.78, 5) is 32.3. The van der Waals surface area contributed by atoms with Crippen LogP contribution in [-0.2, 0) is 4.79 Å². The number of piperidine rings is 1. The maximum atomic E-state index is 13.7. The van der Waals surface area contributed by atoms with Gasteiger partial charge in [0, 0.05) is 52.4 Å². The maximum absolute atomic E-state index is 13.7. The molecule has 1 saturated heterocycles. The molecule has 2 N–H and O–H groups in total. The normalized spacial score (nSPS) is 16.7. The largest absolute Gasteiger partial charge is 0.481 e. The molecule has 2 atom stereocenters. The minimum absolute atomic E-state index is 0.00673. The summed E-state index contributed by atoms with van der Waals surface area (Å²) in [7, 11) is 0. The lowest BCUT2D eigenvalue weighted by atomic mass is 9.93. The number of hydrogen-bond donors (Lipinski definition) is 2. The first-order valence-electron chi connectivity index (χ1n) is 12.3. The number of aromatic nitrogens is 1. The van der Waals surface area contributed by atoms with Crippen molar-refractivity contribution in [3.05, 3.63) is 68.7 Å². The molecule has 6 nitrogen and oxygen atoms in total. The van der Waals surface area contributed by atoms with E-state index in [0.717, 1.165) is 51.8 Å². The highest BCUT2D eigenvalue weighted by Crippen LogP contribution is 2.33. The summed E-state index contributed by atoms with van der Waals surface area (Å²) in [6.45, 7) is 6.33. The second-order valence-electron chi connectivity index (χ2n) is 9.65. The van der Waals surface area contributed by atoms with E-state index in [0.29, 0.717) is 22.9 Å². The molecule has 1 aliphatic heterocycles. The molecule has 2 heterocycles. The summed E-state index contributed by atoms with van der Waals surface area (Å²) >= 11 is 9.96. The number of pyridine rings is 1. The SMILES string of the molecule is Cc1c(N2CCC[C@@H](C)C2)nc2ccc(Br)cc2c1C(=O)NC[C@H](CCC(=O)O)c1ccccc1Cl. The number of hydrogen-bond acceptors (Lipinski definition) is 4. The number of rotatable bonds is 8. The molecule has 2 aromatic carbocycles. The first-order chi connectivity index (χ1) is 17.2. The van der Waals surface area contributed by atoms with Gasteiger partial charge in [0.2, 0.25) is 0 Å². The van der Waals surface area contributed by atoms with Gasteiger partial charge < -0.3 is 15.3 Å². The molecule has 0 radical (unpaired) electrons. The van der Waals surface area contributed by atoms with Crippen LogP contribution in [0.15, 0.2) is 46.9 Å². The predicted octanol–water partition coefficient (Wildman–Crippen LogP) is 6.57. The van der Waals surface area contributed by atoms with Crippen LogP contribution in [0.5, 0.6) is 0 Å². The van der Waals surface area contributed by atoms with E-state index < -0.39 is 5.97 Å². The van der Waals surface area contributed by atoms with Gasteiger partial charge in [-0.2, -0.15) is 0 Å². The Morgan fingerprint density at radius 2 is 2.06 bits per heavy atom. The third kappa shape index (κ3) is 6.01. The lowest BCUT2D eigenvalue weighted by Crippen LogP contribution is -2.36. The highest BCUT2D eigenvalue weighted by Gasteiger charge is 2.25. The molecule has 8 heteroatoms. The van der Waals surface area contributed by atoms with Crippen molar-refractivity contribution >= 4 is 56.1 Å². The van der Waals surface area contributed by atoms with Crippen molar-refractivity contribution in [3.8, 4) is 0 Å². The van der Waals surface area contributed by atoms with E-state index in [1.165, 1.54) is 6.42 Å². The third-order valence-corrected chi connectivity index (χ3v) is 7.75. The van der Waals surface area contributed by atoms with Gasteiger partial charge in [0.25, 0.3) is 5.91 Å². The van der Waals surface area contributed by atoms with E-state index in [1.54, 1.807) is 6.07 Å². The van der Waals surface area contributed by atoms with Crippen molar-refractivity contribution in [1.29, 1.82) is 0 Å². The number of carbonyl (C=O) groups is 2. The lowest BCUT2D eigenvalue weighted by Gasteiger charge is -2.33. The molecule has 0 bridgehead atoms. The second-order valence-corrected chi connectivity index (χ2v) is 11.0. The molecule has 190 valence electrons. The Hall–Kier alpha value is -2.64. The number of carbonyl (C=O) groups excluding carboxylic acids is 1. The molecule has 0 spiro atoms. The van der Waals surface area contributed by atoms with Crippen LogP contribution < -0.4 is 10.2 Å². The van der Waals surface area contributed by atoms with E-state index >= 15 is 0 Å². The molecule has 1 aromatic heterocycles. The minimum atomic E-state index is -0.875. The molecular weight excluding hydrogens is 542 g/mol. The van der Waals surface area contributed by atoms with E-state index in [1.807, 2.05) is 43.3 Å². The van der Waals surface area contributed by atoms with Gasteiger partial charge in [-0.1, -0.05) is 52.7 Å². The second kappa shape index (κ2) is 11.6. The highest BCUT2D eigenvalue weighted by molar-refractivity contribution is 9.10. The van der Waals surface area contributed by atoms with Crippen molar-refractivity contribution < 1.29 is 14.7 Å². The Morgan fingerprint density at radius 1 is 1.28 bits per heavy atom. The number of carboxylic acid groups (broad SMARTS) is 1. The van der Waals surface area contributed by atoms with Gasteiger partial charge >= 0.3 is 5.97 Å². The van der Waals surface area contributed by atoms with Gasteiger partial charge in [-0.05, 0) is 61.9 Å². The van der Waals surface area contributed by atoms with Crippen LogP contribution >= 0.6 is 27.5 Å². The van der Waals surface area contributed by atoms with Crippen molar-refractivity contribution in [2.45, 2.75) is 45.4 Å². The smallest absolute Gasteiger partial charge is 0.303 e. The number of halogens is 2. The number of fused-ring (bicyclic) bond motifs is 1. The van der Waals surface area contributed by atoms with Crippen LogP contribution in [0, 0.1) is 12.8 Å². The van der Waals surface area contributed by atoms with Gasteiger partial charge in [0.15, 0.2) is 0 Å². The van der Waals surface area contributed by atoms with Crippen LogP contribution in [0.4, 0.5) is 5.82 Å². The van der Waals surface area contributed by atoms with Crippen LogP contribution in [-0.4, -0.2) is 41.6 Å². The average molecular weight is 573 g/mol. The first kappa shape index (κ1) is 26.4. The number of carboxylic acids is 1. The summed E-state index contributed by atoms with van der Waals surface area (Å²) in [5, 5.41) is 13.7. The zero-order valence-corrected chi connectivity index (χ0v) is 22.9. The highest BCUT2D eigenvalue weighted by atomic mass is 79.9. The van der Waals surface area contributed by atoms with Crippen LogP contribution in [0.2, 0.25) is 5.02 Å². The van der Waals surface area contributed by atoms with E-state index in [9.17, 15) is 14.7 Å². The molecule has 0 saturated carbocycles. The van der Waals surface area contributed by atoms with Gasteiger partial charge in [-0.3, -0.25) is 9.59 Å². The molecule has 0 aliphatic carbocycles. The number of aliphatic carboxylic acids is 1. The molecule has 3 aromatic rings. The summed E-state index contributed by atoms with van der Waals surface area (Å²) in [5.41, 5.74) is 3.07. The van der Waals surface area contributed by atoms with Gasteiger partial charge in [0.1, 0.15) is 5.82 Å². The number of nitrogens with zero attached hydrogens (tertiary/aromatic N) is 2. The molecule has 1 fully saturated rings. The summed E-state index contributed by atoms with van der Waals surface area (Å²) in [5.74, 6) is 0.135.